The first kappa shape index (κ1) is 15.5. The molecule has 0 aromatic heterocycles. The minimum Gasteiger partial charge on any atom is -0.481 e. The first-order valence-corrected chi connectivity index (χ1v) is 7.89. The number of hydrogen-bond donors (Lipinski definition) is 1. The van der Waals surface area contributed by atoms with Crippen molar-refractivity contribution in [1.82, 2.24) is 0 Å². The molecule has 2 rings (SSSR count). The molecule has 1 fully saturated rings. The Morgan fingerprint density at radius 2 is 2.40 bits per heavy atom. The summed E-state index contributed by atoms with van der Waals surface area (Å²) in [6.07, 6.45) is 1.40. The van der Waals surface area contributed by atoms with Crippen LogP contribution in [0.5, 0.6) is 0 Å². The normalized spacial score (nSPS) is 18.5. The van der Waals surface area contributed by atoms with E-state index in [4.69, 9.17) is 21.4 Å². The SMILES string of the molecule is CO[C@H]1CCN(c2cccc(SCCC(=O)O)c2Cl)C1. The third kappa shape index (κ3) is 3.81. The highest BCUT2D eigenvalue weighted by Crippen LogP contribution is 2.37. The van der Waals surface area contributed by atoms with Crippen LogP contribution in [0.1, 0.15) is 12.8 Å². The third-order valence-electron chi connectivity index (χ3n) is 3.34. The third-order valence-corrected chi connectivity index (χ3v) is 4.90. The number of carboxylic acid groups (broad SMARTS) is 1. The average Bonchev–Trinajstić information content (AvgIpc) is 2.89. The van der Waals surface area contributed by atoms with Gasteiger partial charge in [-0.15, -0.1) is 11.8 Å². The maximum Gasteiger partial charge on any atom is 0.304 e. The van der Waals surface area contributed by atoms with Gasteiger partial charge in [-0.1, -0.05) is 17.7 Å². The van der Waals surface area contributed by atoms with Gasteiger partial charge in [-0.05, 0) is 18.6 Å². The Bertz CT molecular complexity index is 483. The van der Waals surface area contributed by atoms with Gasteiger partial charge >= 0.3 is 5.97 Å². The van der Waals surface area contributed by atoms with Crippen molar-refractivity contribution < 1.29 is 14.6 Å². The molecule has 4 nitrogen and oxygen atoms in total. The van der Waals surface area contributed by atoms with E-state index in [9.17, 15) is 4.79 Å². The molecule has 1 aromatic carbocycles. The van der Waals surface area contributed by atoms with Crippen LogP contribution in [0.4, 0.5) is 5.69 Å². The topological polar surface area (TPSA) is 49.8 Å². The van der Waals surface area contributed by atoms with E-state index >= 15 is 0 Å². The van der Waals surface area contributed by atoms with Crippen LogP contribution in [0.3, 0.4) is 0 Å². The second kappa shape index (κ2) is 7.20. The van der Waals surface area contributed by atoms with Crippen LogP contribution in [0.15, 0.2) is 23.1 Å². The highest BCUT2D eigenvalue weighted by atomic mass is 35.5. The molecule has 1 heterocycles. The zero-order chi connectivity index (χ0) is 14.5. The molecule has 0 spiro atoms. The number of carboxylic acids is 1. The summed E-state index contributed by atoms with van der Waals surface area (Å²) in [6, 6.07) is 5.90. The number of anilines is 1. The summed E-state index contributed by atoms with van der Waals surface area (Å²) in [5, 5.41) is 9.38. The maximum absolute atomic E-state index is 10.6. The van der Waals surface area contributed by atoms with Crippen LogP contribution in [-0.2, 0) is 9.53 Å². The van der Waals surface area contributed by atoms with Gasteiger partial charge in [0.2, 0.25) is 0 Å². The molecule has 0 bridgehead atoms. The van der Waals surface area contributed by atoms with Crippen LogP contribution in [0.25, 0.3) is 0 Å². The van der Waals surface area contributed by atoms with Gasteiger partial charge in [-0.2, -0.15) is 0 Å². The van der Waals surface area contributed by atoms with Crippen molar-refractivity contribution in [3.63, 3.8) is 0 Å². The van der Waals surface area contributed by atoms with Gasteiger partial charge in [-0.25, -0.2) is 0 Å². The fourth-order valence-corrected chi connectivity index (χ4v) is 3.55. The second-order valence-corrected chi connectivity index (χ2v) is 6.19. The number of benzene rings is 1. The molecule has 1 atom stereocenters. The predicted molar refractivity (Wildman–Crippen MR) is 82.1 cm³/mol. The van der Waals surface area contributed by atoms with E-state index in [1.54, 1.807) is 7.11 Å². The Kier molecular flexibility index (Phi) is 5.57. The van der Waals surface area contributed by atoms with E-state index in [2.05, 4.69) is 4.90 Å². The lowest BCUT2D eigenvalue weighted by Gasteiger charge is -2.21. The zero-order valence-electron chi connectivity index (χ0n) is 11.3. The van der Waals surface area contributed by atoms with Crippen molar-refractivity contribution >= 4 is 35.0 Å². The molecule has 1 saturated heterocycles. The van der Waals surface area contributed by atoms with Crippen LogP contribution < -0.4 is 4.90 Å². The molecule has 0 saturated carbocycles. The molecular weight excluding hydrogens is 298 g/mol. The standard InChI is InChI=1S/C14H18ClNO3S/c1-19-10-5-7-16(9-10)11-3-2-4-12(14(11)15)20-8-6-13(17)18/h2-4,10H,5-9H2,1H3,(H,17,18)/t10-/m0/s1. The number of carbonyl (C=O) groups is 1. The van der Waals surface area contributed by atoms with Gasteiger partial charge in [0, 0.05) is 30.8 Å². The molecule has 0 radical (unpaired) electrons. The summed E-state index contributed by atoms with van der Waals surface area (Å²) in [5.41, 5.74) is 1.01. The number of aliphatic carboxylic acids is 1. The number of nitrogens with zero attached hydrogens (tertiary/aromatic N) is 1. The van der Waals surface area contributed by atoms with E-state index in [1.165, 1.54) is 11.8 Å². The molecule has 0 aliphatic carbocycles. The van der Waals surface area contributed by atoms with Crippen molar-refractivity contribution in [2.75, 3.05) is 30.9 Å². The largest absolute Gasteiger partial charge is 0.481 e. The van der Waals surface area contributed by atoms with Crippen LogP contribution in [-0.4, -0.2) is 43.1 Å². The monoisotopic (exact) mass is 315 g/mol. The Morgan fingerprint density at radius 3 is 3.05 bits per heavy atom. The molecule has 0 unspecified atom stereocenters. The van der Waals surface area contributed by atoms with Crippen molar-refractivity contribution in [3.05, 3.63) is 23.2 Å². The lowest BCUT2D eigenvalue weighted by Crippen LogP contribution is -2.22. The molecule has 0 amide bonds. The van der Waals surface area contributed by atoms with Crippen molar-refractivity contribution in [2.24, 2.45) is 0 Å². The molecule has 1 aliphatic heterocycles. The van der Waals surface area contributed by atoms with E-state index in [0.717, 1.165) is 30.1 Å². The minimum absolute atomic E-state index is 0.140. The number of methoxy groups -OCH3 is 1. The first-order valence-electron chi connectivity index (χ1n) is 6.52. The van der Waals surface area contributed by atoms with Gasteiger partial charge in [-0.3, -0.25) is 4.79 Å². The highest BCUT2D eigenvalue weighted by molar-refractivity contribution is 7.99. The van der Waals surface area contributed by atoms with E-state index in [0.29, 0.717) is 10.8 Å². The van der Waals surface area contributed by atoms with E-state index < -0.39 is 5.97 Å². The van der Waals surface area contributed by atoms with E-state index in [-0.39, 0.29) is 12.5 Å². The first-order chi connectivity index (χ1) is 9.61. The fraction of sp³-hybridized carbons (Fsp3) is 0.500. The molecule has 1 N–H and O–H groups in total. The Morgan fingerprint density at radius 1 is 1.60 bits per heavy atom. The fourth-order valence-electron chi connectivity index (χ4n) is 2.24. The highest BCUT2D eigenvalue weighted by Gasteiger charge is 2.24. The summed E-state index contributed by atoms with van der Waals surface area (Å²) < 4.78 is 5.37. The lowest BCUT2D eigenvalue weighted by molar-refractivity contribution is -0.136. The van der Waals surface area contributed by atoms with E-state index in [1.807, 2.05) is 18.2 Å². The van der Waals surface area contributed by atoms with Crippen LogP contribution in [0.2, 0.25) is 5.02 Å². The van der Waals surface area contributed by atoms with Gasteiger partial charge in [0.25, 0.3) is 0 Å². The molecule has 20 heavy (non-hydrogen) atoms. The lowest BCUT2D eigenvalue weighted by atomic mass is 10.3. The summed E-state index contributed by atoms with van der Waals surface area (Å²) in [5.74, 6) is -0.258. The molecule has 1 aromatic rings. The van der Waals surface area contributed by atoms with Gasteiger partial charge in [0.05, 0.1) is 23.2 Å². The Hall–Kier alpha value is -0.910. The summed E-state index contributed by atoms with van der Waals surface area (Å²) in [7, 11) is 1.73. The molecule has 6 heteroatoms. The van der Waals surface area contributed by atoms with Crippen molar-refractivity contribution in [1.29, 1.82) is 0 Å². The average molecular weight is 316 g/mol. The summed E-state index contributed by atoms with van der Waals surface area (Å²) in [4.78, 5) is 13.7. The summed E-state index contributed by atoms with van der Waals surface area (Å²) >= 11 is 7.93. The number of rotatable bonds is 6. The Balaban J connectivity index is 2.05. The number of hydrogen-bond acceptors (Lipinski definition) is 4. The molecular formula is C14H18ClNO3S. The Labute approximate surface area is 128 Å². The summed E-state index contributed by atoms with van der Waals surface area (Å²) in [6.45, 7) is 1.78. The zero-order valence-corrected chi connectivity index (χ0v) is 12.9. The van der Waals surface area contributed by atoms with Crippen molar-refractivity contribution in [3.8, 4) is 0 Å². The predicted octanol–water partition coefficient (Wildman–Crippen LogP) is 3.13. The van der Waals surface area contributed by atoms with Crippen LogP contribution >= 0.6 is 23.4 Å². The van der Waals surface area contributed by atoms with Gasteiger partial charge in [0.1, 0.15) is 0 Å². The quantitative estimate of drug-likeness (QED) is 0.817. The molecule has 110 valence electrons. The number of halogens is 1. The smallest absolute Gasteiger partial charge is 0.304 e. The number of ether oxygens (including phenoxy) is 1. The maximum atomic E-state index is 10.6. The molecule has 1 aliphatic rings. The van der Waals surface area contributed by atoms with Crippen molar-refractivity contribution in [2.45, 2.75) is 23.8 Å². The van der Waals surface area contributed by atoms with Crippen LogP contribution in [0, 0.1) is 0 Å². The van der Waals surface area contributed by atoms with Gasteiger partial charge in [0.15, 0.2) is 0 Å². The number of thioether (sulfide) groups is 1. The van der Waals surface area contributed by atoms with Gasteiger partial charge < -0.3 is 14.7 Å². The minimum atomic E-state index is -0.785. The second-order valence-electron chi connectivity index (χ2n) is 4.67.